The van der Waals surface area contributed by atoms with Gasteiger partial charge in [0.25, 0.3) is 0 Å². The Bertz CT molecular complexity index is 849. The Morgan fingerprint density at radius 2 is 1.71 bits per heavy atom. The molecule has 7 nitrogen and oxygen atoms in total. The van der Waals surface area contributed by atoms with Crippen LogP contribution in [0.1, 0.15) is 19.4 Å². The molecule has 0 unspecified atom stereocenters. The summed E-state index contributed by atoms with van der Waals surface area (Å²) in [6, 6.07) is 15.2. The number of ether oxygens (including phenoxy) is 1. The van der Waals surface area contributed by atoms with Crippen molar-refractivity contribution in [3.8, 4) is 5.75 Å². The zero-order chi connectivity index (χ0) is 20.4. The van der Waals surface area contributed by atoms with Crippen molar-refractivity contribution in [2.24, 2.45) is 5.16 Å². The van der Waals surface area contributed by atoms with Gasteiger partial charge in [0.1, 0.15) is 5.75 Å². The summed E-state index contributed by atoms with van der Waals surface area (Å²) < 4.78 is 29.1. The number of rotatable bonds is 10. The molecule has 0 aliphatic carbocycles. The standard InChI is InChI=1S/C19H21ClNO6P/c1-3-25-28(23,26-4-2)19(15-9-8-10-16(20)13-15)21-27-18(22)14-24-17-11-6-5-7-12-17/h5-13H,3-4,14H2,1-2H3. The Hall–Kier alpha value is -2.18. The van der Waals surface area contributed by atoms with Gasteiger partial charge in [-0.25, -0.2) is 4.79 Å². The number of carbonyl (C=O) groups excluding carboxylic acids is 1. The van der Waals surface area contributed by atoms with Crippen molar-refractivity contribution < 1.29 is 28.0 Å². The first-order valence-corrected chi connectivity index (χ1v) is 10.5. The topological polar surface area (TPSA) is 83.4 Å². The molecule has 2 aromatic carbocycles. The third-order valence-corrected chi connectivity index (χ3v) is 5.56. The Labute approximate surface area is 168 Å². The van der Waals surface area contributed by atoms with Gasteiger partial charge in [0.05, 0.1) is 13.2 Å². The number of oxime groups is 1. The van der Waals surface area contributed by atoms with Gasteiger partial charge in [-0.1, -0.05) is 47.1 Å². The van der Waals surface area contributed by atoms with Gasteiger partial charge in [-0.15, -0.1) is 0 Å². The van der Waals surface area contributed by atoms with E-state index in [0.717, 1.165) is 0 Å². The van der Waals surface area contributed by atoms with Crippen LogP contribution < -0.4 is 4.74 Å². The second kappa shape index (κ2) is 11.0. The molecule has 2 rings (SSSR count). The van der Waals surface area contributed by atoms with Crippen molar-refractivity contribution in [2.45, 2.75) is 13.8 Å². The van der Waals surface area contributed by atoms with Gasteiger partial charge in [0.15, 0.2) is 12.1 Å². The molecular weight excluding hydrogens is 405 g/mol. The van der Waals surface area contributed by atoms with Crippen molar-refractivity contribution in [3.63, 3.8) is 0 Å². The predicted octanol–water partition coefficient (Wildman–Crippen LogP) is 4.89. The minimum atomic E-state index is -3.83. The number of halogens is 1. The molecule has 9 heteroatoms. The third kappa shape index (κ3) is 6.46. The van der Waals surface area contributed by atoms with Crippen LogP contribution in [0.15, 0.2) is 59.8 Å². The highest BCUT2D eigenvalue weighted by Gasteiger charge is 2.34. The molecule has 0 bridgehead atoms. The quantitative estimate of drug-likeness (QED) is 0.233. The van der Waals surface area contributed by atoms with E-state index in [9.17, 15) is 9.36 Å². The van der Waals surface area contributed by atoms with Crippen LogP contribution in [-0.4, -0.2) is 31.2 Å². The van der Waals surface area contributed by atoms with Crippen molar-refractivity contribution >= 4 is 30.6 Å². The molecule has 0 atom stereocenters. The fraction of sp³-hybridized carbons (Fsp3) is 0.263. The average Bonchev–Trinajstić information content (AvgIpc) is 2.68. The lowest BCUT2D eigenvalue weighted by Gasteiger charge is -2.18. The maximum Gasteiger partial charge on any atom is 0.383 e. The number of carbonyl (C=O) groups is 1. The zero-order valence-corrected chi connectivity index (χ0v) is 17.2. The van der Waals surface area contributed by atoms with Gasteiger partial charge < -0.3 is 18.6 Å². The van der Waals surface area contributed by atoms with Crippen molar-refractivity contribution in [1.29, 1.82) is 0 Å². The Morgan fingerprint density at radius 3 is 2.32 bits per heavy atom. The summed E-state index contributed by atoms with van der Waals surface area (Å²) in [5, 5.41) is 4.16. The fourth-order valence-corrected chi connectivity index (χ4v) is 3.95. The molecule has 0 heterocycles. The maximum atomic E-state index is 13.2. The molecule has 0 amide bonds. The van der Waals surface area contributed by atoms with Crippen molar-refractivity contribution in [2.75, 3.05) is 19.8 Å². The summed E-state index contributed by atoms with van der Waals surface area (Å²) in [7, 11) is -3.83. The van der Waals surface area contributed by atoms with Gasteiger partial charge in [0.2, 0.25) is 0 Å². The largest absolute Gasteiger partial charge is 0.482 e. The van der Waals surface area contributed by atoms with Gasteiger partial charge >= 0.3 is 13.6 Å². The molecule has 150 valence electrons. The highest BCUT2D eigenvalue weighted by molar-refractivity contribution is 7.73. The Balaban J connectivity index is 2.22. The van der Waals surface area contributed by atoms with E-state index in [2.05, 4.69) is 5.16 Å². The molecule has 0 saturated heterocycles. The summed E-state index contributed by atoms with van der Waals surface area (Å²) in [5.74, 6) is -0.268. The van der Waals surface area contributed by atoms with E-state index in [1.807, 2.05) is 6.07 Å². The minimum absolute atomic E-state index is 0.113. The summed E-state index contributed by atoms with van der Waals surface area (Å²) in [5.41, 5.74) is 0.210. The smallest absolute Gasteiger partial charge is 0.383 e. The van der Waals surface area contributed by atoms with E-state index < -0.39 is 13.6 Å². The van der Waals surface area contributed by atoms with E-state index in [0.29, 0.717) is 16.3 Å². The highest BCUT2D eigenvalue weighted by atomic mass is 35.5. The first kappa shape index (κ1) is 22.1. The van der Waals surface area contributed by atoms with Crippen LogP contribution in [0.5, 0.6) is 5.75 Å². The van der Waals surface area contributed by atoms with Crippen LogP contribution in [0.2, 0.25) is 5.02 Å². The molecule has 0 aliphatic heterocycles. The van der Waals surface area contributed by atoms with Crippen LogP contribution in [-0.2, 0) is 23.2 Å². The second-order valence-electron chi connectivity index (χ2n) is 5.32. The first-order chi connectivity index (χ1) is 13.5. The molecule has 0 N–H and O–H groups in total. The minimum Gasteiger partial charge on any atom is -0.482 e. The van der Waals surface area contributed by atoms with E-state index in [1.54, 1.807) is 56.3 Å². The van der Waals surface area contributed by atoms with Crippen LogP contribution in [0.3, 0.4) is 0 Å². The fourth-order valence-electron chi connectivity index (χ4n) is 2.17. The van der Waals surface area contributed by atoms with Gasteiger partial charge in [-0.2, -0.15) is 0 Å². The lowest BCUT2D eigenvalue weighted by atomic mass is 10.2. The third-order valence-electron chi connectivity index (χ3n) is 3.27. The zero-order valence-electron chi connectivity index (χ0n) is 15.5. The van der Waals surface area contributed by atoms with Crippen LogP contribution in [0.4, 0.5) is 0 Å². The molecule has 28 heavy (non-hydrogen) atoms. The number of benzene rings is 2. The monoisotopic (exact) mass is 425 g/mol. The SMILES string of the molecule is CCOP(=O)(OCC)C(=NOC(=O)COc1ccccc1)c1cccc(Cl)c1. The highest BCUT2D eigenvalue weighted by Crippen LogP contribution is 2.52. The summed E-state index contributed by atoms with van der Waals surface area (Å²) in [6.45, 7) is 3.19. The van der Waals surface area contributed by atoms with E-state index in [4.69, 9.17) is 30.2 Å². The molecule has 0 spiro atoms. The van der Waals surface area contributed by atoms with Gasteiger partial charge in [-0.3, -0.25) is 4.57 Å². The lowest BCUT2D eigenvalue weighted by molar-refractivity contribution is -0.145. The van der Waals surface area contributed by atoms with Crippen LogP contribution in [0.25, 0.3) is 0 Å². The summed E-state index contributed by atoms with van der Waals surface area (Å²) in [4.78, 5) is 16.9. The number of hydrogen-bond donors (Lipinski definition) is 0. The number of para-hydroxylation sites is 1. The van der Waals surface area contributed by atoms with E-state index in [-0.39, 0.29) is 25.3 Å². The predicted molar refractivity (Wildman–Crippen MR) is 107 cm³/mol. The van der Waals surface area contributed by atoms with Crippen molar-refractivity contribution in [1.82, 2.24) is 0 Å². The number of nitrogens with zero attached hydrogens (tertiary/aromatic N) is 1. The summed E-state index contributed by atoms with van der Waals surface area (Å²) >= 11 is 6.02. The molecule has 0 radical (unpaired) electrons. The molecule has 0 fully saturated rings. The average molecular weight is 426 g/mol. The van der Waals surface area contributed by atoms with Gasteiger partial charge in [0, 0.05) is 10.6 Å². The van der Waals surface area contributed by atoms with Crippen molar-refractivity contribution in [3.05, 3.63) is 65.2 Å². The lowest BCUT2D eigenvalue weighted by Crippen LogP contribution is -2.15. The molecular formula is C19H21ClNO6P. The molecule has 0 saturated carbocycles. The maximum absolute atomic E-state index is 13.2. The Kier molecular flexibility index (Phi) is 8.67. The number of hydrogen-bond acceptors (Lipinski definition) is 7. The van der Waals surface area contributed by atoms with Crippen LogP contribution in [0, 0.1) is 0 Å². The molecule has 0 aliphatic rings. The van der Waals surface area contributed by atoms with Gasteiger partial charge in [-0.05, 0) is 38.1 Å². The van der Waals surface area contributed by atoms with Crippen LogP contribution >= 0.6 is 19.2 Å². The van der Waals surface area contributed by atoms with E-state index in [1.165, 1.54) is 6.07 Å². The van der Waals surface area contributed by atoms with E-state index >= 15 is 0 Å². The Morgan fingerprint density at radius 1 is 1.04 bits per heavy atom. The first-order valence-electron chi connectivity index (χ1n) is 8.59. The summed E-state index contributed by atoms with van der Waals surface area (Å²) in [6.07, 6.45) is 0. The second-order valence-corrected chi connectivity index (χ2v) is 7.69. The molecule has 0 aromatic heterocycles. The normalized spacial score (nSPS) is 11.9. The molecule has 2 aromatic rings.